The van der Waals surface area contributed by atoms with E-state index in [0.717, 1.165) is 6.07 Å². The Hall–Kier alpha value is -2.24. The molecule has 1 aromatic carbocycles. The predicted octanol–water partition coefficient (Wildman–Crippen LogP) is 3.20. The van der Waals surface area contributed by atoms with Crippen molar-refractivity contribution >= 4 is 5.95 Å². The van der Waals surface area contributed by atoms with Gasteiger partial charge in [-0.1, -0.05) is 6.08 Å². The molecule has 19 heavy (non-hydrogen) atoms. The van der Waals surface area contributed by atoms with Gasteiger partial charge in [-0.2, -0.15) is 0 Å². The standard InChI is InChI=1S/C13H12F3N3/c1-3-4-17-13-18-8(2)7-19(13)11-6-9(14)5-10(15)12(11)16/h3,5-7H,1,4H2,2H3,(H,17,18). The van der Waals surface area contributed by atoms with Crippen molar-refractivity contribution in [3.8, 4) is 5.69 Å². The lowest BCUT2D eigenvalue weighted by atomic mass is 10.2. The molecule has 0 saturated heterocycles. The molecule has 0 aliphatic heterocycles. The van der Waals surface area contributed by atoms with Crippen LogP contribution < -0.4 is 5.32 Å². The highest BCUT2D eigenvalue weighted by Gasteiger charge is 2.16. The minimum atomic E-state index is -1.24. The van der Waals surface area contributed by atoms with Gasteiger partial charge in [-0.15, -0.1) is 6.58 Å². The van der Waals surface area contributed by atoms with E-state index in [9.17, 15) is 13.2 Å². The molecule has 0 unspecified atom stereocenters. The van der Waals surface area contributed by atoms with E-state index in [4.69, 9.17) is 0 Å². The molecule has 100 valence electrons. The van der Waals surface area contributed by atoms with E-state index < -0.39 is 17.5 Å². The number of nitrogens with one attached hydrogen (secondary N) is 1. The van der Waals surface area contributed by atoms with Gasteiger partial charge < -0.3 is 5.32 Å². The number of benzene rings is 1. The molecule has 2 rings (SSSR count). The Morgan fingerprint density at radius 2 is 2.11 bits per heavy atom. The molecule has 0 aliphatic rings. The lowest BCUT2D eigenvalue weighted by Gasteiger charge is -2.10. The molecule has 0 aliphatic carbocycles. The van der Waals surface area contributed by atoms with Crippen molar-refractivity contribution in [3.05, 3.63) is 54.1 Å². The van der Waals surface area contributed by atoms with Crippen molar-refractivity contribution < 1.29 is 13.2 Å². The highest BCUT2D eigenvalue weighted by Crippen LogP contribution is 2.22. The van der Waals surface area contributed by atoms with Crippen LogP contribution in [0, 0.1) is 24.4 Å². The Labute approximate surface area is 108 Å². The summed E-state index contributed by atoms with van der Waals surface area (Å²) in [7, 11) is 0. The van der Waals surface area contributed by atoms with Gasteiger partial charge in [0.25, 0.3) is 0 Å². The van der Waals surface area contributed by atoms with Crippen LogP contribution >= 0.6 is 0 Å². The van der Waals surface area contributed by atoms with Crippen LogP contribution in [0.5, 0.6) is 0 Å². The fraction of sp³-hybridized carbons (Fsp3) is 0.154. The fourth-order valence-corrected chi connectivity index (χ4v) is 1.69. The van der Waals surface area contributed by atoms with Crippen LogP contribution in [0.15, 0.2) is 31.0 Å². The summed E-state index contributed by atoms with van der Waals surface area (Å²) in [6.45, 7) is 5.63. The van der Waals surface area contributed by atoms with Gasteiger partial charge in [0.05, 0.1) is 11.4 Å². The first-order chi connectivity index (χ1) is 9.02. The van der Waals surface area contributed by atoms with Crippen molar-refractivity contribution in [2.24, 2.45) is 0 Å². The Morgan fingerprint density at radius 3 is 2.79 bits per heavy atom. The highest BCUT2D eigenvalue weighted by molar-refractivity contribution is 5.44. The third kappa shape index (κ3) is 2.62. The number of rotatable bonds is 4. The number of aryl methyl sites for hydroxylation is 1. The summed E-state index contributed by atoms with van der Waals surface area (Å²) in [6, 6.07) is 1.41. The number of hydrogen-bond donors (Lipinski definition) is 1. The molecule has 0 atom stereocenters. The minimum Gasteiger partial charge on any atom is -0.352 e. The first kappa shape index (κ1) is 13.2. The van der Waals surface area contributed by atoms with E-state index in [2.05, 4.69) is 16.9 Å². The lowest BCUT2D eigenvalue weighted by molar-refractivity contribution is 0.491. The van der Waals surface area contributed by atoms with Gasteiger partial charge in [0.2, 0.25) is 5.95 Å². The summed E-state index contributed by atoms with van der Waals surface area (Å²) in [5, 5.41) is 2.87. The molecule has 1 heterocycles. The number of imidazole rings is 1. The van der Waals surface area contributed by atoms with Gasteiger partial charge in [0, 0.05) is 24.9 Å². The molecule has 0 amide bonds. The zero-order valence-corrected chi connectivity index (χ0v) is 10.3. The molecule has 0 bridgehead atoms. The van der Waals surface area contributed by atoms with Crippen molar-refractivity contribution in [2.45, 2.75) is 6.92 Å². The van der Waals surface area contributed by atoms with Gasteiger partial charge in [0.15, 0.2) is 11.6 Å². The second-order valence-electron chi connectivity index (χ2n) is 3.97. The third-order valence-corrected chi connectivity index (χ3v) is 2.46. The molecule has 0 spiro atoms. The van der Waals surface area contributed by atoms with Gasteiger partial charge in [-0.25, -0.2) is 18.2 Å². The van der Waals surface area contributed by atoms with Gasteiger partial charge in [0.1, 0.15) is 5.82 Å². The molecule has 1 aromatic heterocycles. The molecule has 6 heteroatoms. The lowest BCUT2D eigenvalue weighted by Crippen LogP contribution is -2.08. The average molecular weight is 267 g/mol. The molecular weight excluding hydrogens is 255 g/mol. The number of nitrogens with zero attached hydrogens (tertiary/aromatic N) is 2. The zero-order valence-electron chi connectivity index (χ0n) is 10.3. The first-order valence-corrected chi connectivity index (χ1v) is 5.58. The van der Waals surface area contributed by atoms with Crippen molar-refractivity contribution in [2.75, 3.05) is 11.9 Å². The molecule has 0 saturated carbocycles. The van der Waals surface area contributed by atoms with Gasteiger partial charge in [-0.05, 0) is 6.92 Å². The molecular formula is C13H12F3N3. The average Bonchev–Trinajstić information content (AvgIpc) is 2.72. The molecule has 1 N–H and O–H groups in total. The van der Waals surface area contributed by atoms with E-state index in [1.165, 1.54) is 10.8 Å². The summed E-state index contributed by atoms with van der Waals surface area (Å²) in [6.07, 6.45) is 3.08. The number of hydrogen-bond acceptors (Lipinski definition) is 2. The zero-order chi connectivity index (χ0) is 14.0. The van der Waals surface area contributed by atoms with E-state index in [0.29, 0.717) is 24.3 Å². The largest absolute Gasteiger partial charge is 0.352 e. The van der Waals surface area contributed by atoms with E-state index in [1.54, 1.807) is 13.0 Å². The van der Waals surface area contributed by atoms with Gasteiger partial charge in [-0.3, -0.25) is 4.57 Å². The minimum absolute atomic E-state index is 0.232. The van der Waals surface area contributed by atoms with E-state index in [1.807, 2.05) is 0 Å². The second kappa shape index (κ2) is 5.17. The number of anilines is 1. The van der Waals surface area contributed by atoms with Crippen LogP contribution in [0.2, 0.25) is 0 Å². The molecule has 0 fully saturated rings. The van der Waals surface area contributed by atoms with Crippen molar-refractivity contribution in [1.82, 2.24) is 9.55 Å². The quantitative estimate of drug-likeness (QED) is 0.681. The monoisotopic (exact) mass is 267 g/mol. The van der Waals surface area contributed by atoms with E-state index in [-0.39, 0.29) is 5.69 Å². The maximum atomic E-state index is 13.7. The number of aromatic nitrogens is 2. The normalized spacial score (nSPS) is 10.5. The predicted molar refractivity (Wildman–Crippen MR) is 66.9 cm³/mol. The maximum Gasteiger partial charge on any atom is 0.208 e. The van der Waals surface area contributed by atoms with Crippen LogP contribution in [-0.2, 0) is 0 Å². The van der Waals surface area contributed by atoms with Crippen LogP contribution in [0.4, 0.5) is 19.1 Å². The summed E-state index contributed by atoms with van der Waals surface area (Å²) >= 11 is 0. The Balaban J connectivity index is 2.55. The smallest absolute Gasteiger partial charge is 0.208 e. The summed E-state index contributed by atoms with van der Waals surface area (Å²) in [5.41, 5.74) is 0.361. The summed E-state index contributed by atoms with van der Waals surface area (Å²) in [5.74, 6) is -2.92. The third-order valence-electron chi connectivity index (χ3n) is 2.46. The molecule has 3 nitrogen and oxygen atoms in total. The van der Waals surface area contributed by atoms with Crippen LogP contribution in [0.1, 0.15) is 5.69 Å². The SMILES string of the molecule is C=CCNc1nc(C)cn1-c1cc(F)cc(F)c1F. The Bertz CT molecular complexity index is 620. The first-order valence-electron chi connectivity index (χ1n) is 5.58. The summed E-state index contributed by atoms with van der Waals surface area (Å²) in [4.78, 5) is 4.12. The van der Waals surface area contributed by atoms with Crippen LogP contribution in [-0.4, -0.2) is 16.1 Å². The van der Waals surface area contributed by atoms with Gasteiger partial charge >= 0.3 is 0 Å². The van der Waals surface area contributed by atoms with Crippen molar-refractivity contribution in [3.63, 3.8) is 0 Å². The highest BCUT2D eigenvalue weighted by atomic mass is 19.2. The molecule has 0 radical (unpaired) electrons. The Morgan fingerprint density at radius 1 is 1.37 bits per heavy atom. The fourth-order valence-electron chi connectivity index (χ4n) is 1.69. The van der Waals surface area contributed by atoms with Crippen LogP contribution in [0.25, 0.3) is 5.69 Å². The Kier molecular flexibility index (Phi) is 3.59. The maximum absolute atomic E-state index is 13.7. The second-order valence-corrected chi connectivity index (χ2v) is 3.97. The molecule has 2 aromatic rings. The number of halogens is 3. The summed E-state index contributed by atoms with van der Waals surface area (Å²) < 4.78 is 41.4. The van der Waals surface area contributed by atoms with E-state index >= 15 is 0 Å². The van der Waals surface area contributed by atoms with Crippen LogP contribution in [0.3, 0.4) is 0 Å². The van der Waals surface area contributed by atoms with Crippen molar-refractivity contribution in [1.29, 1.82) is 0 Å². The topological polar surface area (TPSA) is 29.9 Å².